The molecule has 0 aliphatic heterocycles. The second kappa shape index (κ2) is 13.1. The molecule has 3 rings (SSSR count). The molecule has 0 saturated carbocycles. The number of carbonyl (C=O) groups is 2. The maximum Gasteiger partial charge on any atom is 0.411 e. The summed E-state index contributed by atoms with van der Waals surface area (Å²) in [7, 11) is 2.73. The van der Waals surface area contributed by atoms with Crippen molar-refractivity contribution in [1.82, 2.24) is 0 Å². The zero-order valence-electron chi connectivity index (χ0n) is 20.5. The van der Waals surface area contributed by atoms with Gasteiger partial charge in [-0.15, -0.1) is 0 Å². The molecular formula is C27H23N3O8. The van der Waals surface area contributed by atoms with Crippen LogP contribution in [0.1, 0.15) is 16.7 Å². The smallest absolute Gasteiger partial charge is 0.411 e. The van der Waals surface area contributed by atoms with E-state index in [1.54, 1.807) is 48.5 Å². The lowest BCUT2D eigenvalue weighted by atomic mass is 10.1. The van der Waals surface area contributed by atoms with Gasteiger partial charge in [0, 0.05) is 11.8 Å². The van der Waals surface area contributed by atoms with Crippen molar-refractivity contribution in [2.45, 2.75) is 6.61 Å². The Balaban J connectivity index is 1.67. The standard InChI is InChI=1S/C27H23N3O8/c1-35-23-10-8-22(9-11-23)29-27(32)38-16-20-7-12-25(24(14-20)30(33)34)37-17-21(26(31)36-2)13-18-3-5-19(15-28)6-4-18/h3-14H,16-17H2,1-2H3,(H,29,32)/b21-13-. The number of nitrogens with one attached hydrogen (secondary N) is 1. The van der Waals surface area contributed by atoms with Crippen molar-refractivity contribution in [1.29, 1.82) is 5.26 Å². The van der Waals surface area contributed by atoms with Crippen molar-refractivity contribution in [2.75, 3.05) is 26.1 Å². The molecule has 0 heterocycles. The summed E-state index contributed by atoms with van der Waals surface area (Å²) in [5.74, 6) is -0.136. The maximum atomic E-state index is 12.2. The van der Waals surface area contributed by atoms with Crippen LogP contribution < -0.4 is 14.8 Å². The largest absolute Gasteiger partial charge is 0.497 e. The summed E-state index contributed by atoms with van der Waals surface area (Å²) in [5.41, 5.74) is 1.65. The molecule has 0 aliphatic carbocycles. The highest BCUT2D eigenvalue weighted by atomic mass is 16.6. The topological polar surface area (TPSA) is 150 Å². The Labute approximate surface area is 218 Å². The van der Waals surface area contributed by atoms with Crippen LogP contribution in [0.4, 0.5) is 16.2 Å². The Bertz CT molecular complexity index is 1380. The van der Waals surface area contributed by atoms with Crippen LogP contribution in [0.2, 0.25) is 0 Å². The normalized spacial score (nSPS) is 10.6. The van der Waals surface area contributed by atoms with Gasteiger partial charge in [-0.25, -0.2) is 9.59 Å². The Kier molecular flexibility index (Phi) is 9.37. The minimum Gasteiger partial charge on any atom is -0.497 e. The molecule has 11 nitrogen and oxygen atoms in total. The molecule has 0 saturated heterocycles. The van der Waals surface area contributed by atoms with Gasteiger partial charge in [-0.3, -0.25) is 15.4 Å². The van der Waals surface area contributed by atoms with Gasteiger partial charge in [0.1, 0.15) is 19.0 Å². The molecule has 38 heavy (non-hydrogen) atoms. The summed E-state index contributed by atoms with van der Waals surface area (Å²) in [5, 5.41) is 23.1. The third-order valence-electron chi connectivity index (χ3n) is 5.14. The lowest BCUT2D eigenvalue weighted by Crippen LogP contribution is -2.14. The fourth-order valence-electron chi connectivity index (χ4n) is 3.20. The number of hydrogen-bond acceptors (Lipinski definition) is 9. The van der Waals surface area contributed by atoms with E-state index in [0.717, 1.165) is 0 Å². The lowest BCUT2D eigenvalue weighted by molar-refractivity contribution is -0.385. The lowest BCUT2D eigenvalue weighted by Gasteiger charge is -2.11. The Hall–Kier alpha value is -5.37. The van der Waals surface area contributed by atoms with Gasteiger partial charge in [0.25, 0.3) is 0 Å². The van der Waals surface area contributed by atoms with Crippen LogP contribution >= 0.6 is 0 Å². The maximum absolute atomic E-state index is 12.2. The molecule has 1 amide bonds. The second-order valence-corrected chi connectivity index (χ2v) is 7.67. The van der Waals surface area contributed by atoms with Crippen molar-refractivity contribution in [3.63, 3.8) is 0 Å². The van der Waals surface area contributed by atoms with E-state index < -0.39 is 17.0 Å². The molecule has 0 aliphatic rings. The molecule has 0 aromatic heterocycles. The fraction of sp³-hybridized carbons (Fsp3) is 0.148. The van der Waals surface area contributed by atoms with Crippen LogP contribution in [0.3, 0.4) is 0 Å². The number of amides is 1. The number of methoxy groups -OCH3 is 2. The van der Waals surface area contributed by atoms with E-state index in [1.807, 2.05) is 6.07 Å². The molecule has 3 aromatic carbocycles. The third-order valence-corrected chi connectivity index (χ3v) is 5.14. The first-order valence-corrected chi connectivity index (χ1v) is 11.1. The van der Waals surface area contributed by atoms with Crippen LogP contribution in [0.15, 0.2) is 72.3 Å². The molecule has 0 unspecified atom stereocenters. The minimum absolute atomic E-state index is 0.0870. The average molecular weight is 517 g/mol. The van der Waals surface area contributed by atoms with Gasteiger partial charge < -0.3 is 18.9 Å². The number of esters is 1. The summed E-state index contributed by atoms with van der Waals surface area (Å²) >= 11 is 0. The third kappa shape index (κ3) is 7.56. The Morgan fingerprint density at radius 2 is 1.76 bits per heavy atom. The Morgan fingerprint density at radius 3 is 2.37 bits per heavy atom. The van der Waals surface area contributed by atoms with Crippen molar-refractivity contribution >= 4 is 29.5 Å². The first-order valence-electron chi connectivity index (χ1n) is 11.1. The molecular weight excluding hydrogens is 494 g/mol. The number of anilines is 1. The molecule has 3 aromatic rings. The van der Waals surface area contributed by atoms with Gasteiger partial charge in [0.05, 0.1) is 36.3 Å². The van der Waals surface area contributed by atoms with Crippen LogP contribution in [0.25, 0.3) is 6.08 Å². The van der Waals surface area contributed by atoms with E-state index in [1.165, 1.54) is 38.5 Å². The van der Waals surface area contributed by atoms with Gasteiger partial charge >= 0.3 is 17.7 Å². The van der Waals surface area contributed by atoms with E-state index in [4.69, 9.17) is 24.2 Å². The second-order valence-electron chi connectivity index (χ2n) is 7.67. The van der Waals surface area contributed by atoms with Crippen LogP contribution in [0.5, 0.6) is 11.5 Å². The average Bonchev–Trinajstić information content (AvgIpc) is 2.94. The number of ether oxygens (including phenoxy) is 4. The number of nitrogens with zero attached hydrogens (tertiary/aromatic N) is 2. The summed E-state index contributed by atoms with van der Waals surface area (Å²) < 4.78 is 20.6. The number of carbonyl (C=O) groups excluding carboxylic acids is 2. The first kappa shape index (κ1) is 27.2. The van der Waals surface area contributed by atoms with Gasteiger partial charge in [0.15, 0.2) is 5.75 Å². The number of rotatable bonds is 10. The fourth-order valence-corrected chi connectivity index (χ4v) is 3.20. The highest BCUT2D eigenvalue weighted by Gasteiger charge is 2.19. The molecule has 11 heteroatoms. The summed E-state index contributed by atoms with van der Waals surface area (Å²) in [4.78, 5) is 35.3. The predicted molar refractivity (Wildman–Crippen MR) is 137 cm³/mol. The van der Waals surface area contributed by atoms with Gasteiger partial charge in [-0.1, -0.05) is 18.2 Å². The van der Waals surface area contributed by atoms with Crippen LogP contribution in [-0.2, 0) is 20.9 Å². The predicted octanol–water partition coefficient (Wildman–Crippen LogP) is 4.86. The number of nitro groups is 1. The molecule has 0 fully saturated rings. The van der Waals surface area contributed by atoms with Crippen LogP contribution in [-0.4, -0.2) is 37.8 Å². The molecule has 0 bridgehead atoms. The minimum atomic E-state index is -0.742. The van der Waals surface area contributed by atoms with Gasteiger partial charge in [-0.05, 0) is 59.7 Å². The number of hydrogen-bond donors (Lipinski definition) is 1. The van der Waals surface area contributed by atoms with Crippen molar-refractivity contribution in [3.05, 3.63) is 99.1 Å². The number of benzene rings is 3. The zero-order chi connectivity index (χ0) is 27.5. The Morgan fingerprint density at radius 1 is 1.05 bits per heavy atom. The van der Waals surface area contributed by atoms with E-state index in [2.05, 4.69) is 5.32 Å². The van der Waals surface area contributed by atoms with Gasteiger partial charge in [0.2, 0.25) is 0 Å². The van der Waals surface area contributed by atoms with E-state index >= 15 is 0 Å². The monoisotopic (exact) mass is 517 g/mol. The molecule has 0 radical (unpaired) electrons. The van der Waals surface area contributed by atoms with Crippen LogP contribution in [0, 0.1) is 21.4 Å². The SMILES string of the molecule is COC(=O)/C(=C\c1ccc(C#N)cc1)COc1ccc(COC(=O)Nc2ccc(OC)cc2)cc1[N+](=O)[O-]. The first-order chi connectivity index (χ1) is 18.3. The van der Waals surface area contributed by atoms with E-state index in [0.29, 0.717) is 28.1 Å². The quantitative estimate of drug-likeness (QED) is 0.172. The molecule has 1 N–H and O–H groups in total. The molecule has 194 valence electrons. The highest BCUT2D eigenvalue weighted by Crippen LogP contribution is 2.29. The highest BCUT2D eigenvalue weighted by molar-refractivity contribution is 5.94. The van der Waals surface area contributed by atoms with Crippen molar-refractivity contribution in [3.8, 4) is 17.6 Å². The molecule has 0 spiro atoms. The van der Waals surface area contributed by atoms with Gasteiger partial charge in [-0.2, -0.15) is 5.26 Å². The van der Waals surface area contributed by atoms with E-state index in [9.17, 15) is 19.7 Å². The molecule has 0 atom stereocenters. The summed E-state index contributed by atoms with van der Waals surface area (Å²) in [6.45, 7) is -0.539. The van der Waals surface area contributed by atoms with E-state index in [-0.39, 0.29) is 30.2 Å². The number of nitro benzene ring substituents is 1. The zero-order valence-corrected chi connectivity index (χ0v) is 20.5. The van der Waals surface area contributed by atoms with Crippen molar-refractivity contribution < 1.29 is 33.5 Å². The summed E-state index contributed by atoms with van der Waals surface area (Å²) in [6, 6.07) is 19.2. The number of nitriles is 1. The summed E-state index contributed by atoms with van der Waals surface area (Å²) in [6.07, 6.45) is 0.761. The van der Waals surface area contributed by atoms with Crippen molar-refractivity contribution in [2.24, 2.45) is 0 Å².